The van der Waals surface area contributed by atoms with Gasteiger partial charge in [0, 0.05) is 1.43 Å². The molecule has 0 aliphatic carbocycles. The Morgan fingerprint density at radius 2 is 1.07 bits per heavy atom. The van der Waals surface area contributed by atoms with Gasteiger partial charge in [-0.05, 0) is 24.4 Å². The van der Waals surface area contributed by atoms with Crippen LogP contribution in [0.25, 0.3) is 0 Å². The second kappa shape index (κ2) is 8.72. The minimum Gasteiger partial charge on any atom is -0.131 e. The van der Waals surface area contributed by atoms with Crippen LogP contribution in [0.2, 0.25) is 0 Å². The molecule has 1 heteroatoms. The first-order valence-electron chi connectivity index (χ1n) is 6.47. The maximum Gasteiger partial charge on any atom is 0 e. The molecule has 0 aliphatic heterocycles. The normalized spacial score (nSPS) is 12.0. The zero-order chi connectivity index (χ0) is 10.9. The molecular weight excluding hydrogens is 187 g/mol. The summed E-state index contributed by atoms with van der Waals surface area (Å²) in [5.41, 5.74) is 0. The number of hydrogen-bond donors (Lipinski definition) is 0. The summed E-state index contributed by atoms with van der Waals surface area (Å²) in [6, 6.07) is 0. The molecule has 0 spiro atoms. The van der Waals surface area contributed by atoms with E-state index >= 15 is 0 Å². The van der Waals surface area contributed by atoms with Gasteiger partial charge in [-0.25, -0.2) is 0 Å². The molecule has 0 heterocycles. The van der Waals surface area contributed by atoms with E-state index in [2.05, 4.69) is 30.0 Å². The van der Waals surface area contributed by atoms with E-state index in [0.717, 1.165) is 0 Å². The molecule has 1 atom stereocenters. The molecule has 0 aromatic heterocycles. The first kappa shape index (κ1) is 14.4. The Labute approximate surface area is 94.9 Å². The third kappa shape index (κ3) is 6.82. The van der Waals surface area contributed by atoms with Crippen LogP contribution in [0.3, 0.4) is 0 Å². The van der Waals surface area contributed by atoms with Crippen LogP contribution in [0.1, 0.15) is 80.0 Å². The molecule has 1 unspecified atom stereocenters. The second-order valence-corrected chi connectivity index (χ2v) is 5.90. The predicted molar refractivity (Wildman–Crippen MR) is 72.1 cm³/mol. The van der Waals surface area contributed by atoms with E-state index in [4.69, 9.17) is 0 Å². The molecular formula is C13H30P. The van der Waals surface area contributed by atoms with Crippen LogP contribution in [0.15, 0.2) is 0 Å². The molecule has 0 aliphatic rings. The van der Waals surface area contributed by atoms with Gasteiger partial charge in [-0.1, -0.05) is 59.3 Å². The summed E-state index contributed by atoms with van der Waals surface area (Å²) in [6.45, 7) is 6.89. The average molecular weight is 217 g/mol. The smallest absolute Gasteiger partial charge is 0 e. The minimum atomic E-state index is 0. The largest absolute Gasteiger partial charge is 0.131 e. The maximum absolute atomic E-state index is 3.17. The van der Waals surface area contributed by atoms with E-state index in [1.807, 2.05) is 0 Å². The molecule has 0 nitrogen and oxygen atoms in total. The third-order valence-corrected chi connectivity index (χ3v) is 3.95. The van der Waals surface area contributed by atoms with Crippen LogP contribution in [0.4, 0.5) is 0 Å². The first-order chi connectivity index (χ1) is 6.68. The summed E-state index contributed by atoms with van der Waals surface area (Å²) >= 11 is 0. The molecule has 0 fully saturated rings. The topological polar surface area (TPSA) is 0 Å². The van der Waals surface area contributed by atoms with E-state index in [-0.39, 0.29) is 1.43 Å². The fraction of sp³-hybridized carbons (Fsp3) is 1.00. The van der Waals surface area contributed by atoms with Gasteiger partial charge in [-0.15, -0.1) is 9.24 Å². The van der Waals surface area contributed by atoms with Gasteiger partial charge in [0.15, 0.2) is 0 Å². The van der Waals surface area contributed by atoms with E-state index in [1.54, 1.807) is 0 Å². The fourth-order valence-electron chi connectivity index (χ4n) is 1.96. The summed E-state index contributed by atoms with van der Waals surface area (Å²) in [7, 11) is 3.17. The van der Waals surface area contributed by atoms with E-state index in [9.17, 15) is 0 Å². The first-order valence-corrected chi connectivity index (χ1v) is 7.05. The fourth-order valence-corrected chi connectivity index (χ4v) is 2.57. The molecule has 0 saturated heterocycles. The summed E-state index contributed by atoms with van der Waals surface area (Å²) in [5, 5.41) is 0.571. The van der Waals surface area contributed by atoms with Crippen molar-refractivity contribution < 1.29 is 1.43 Å². The lowest BCUT2D eigenvalue weighted by molar-refractivity contribution is 0.424. The zero-order valence-corrected chi connectivity index (χ0v) is 11.6. The van der Waals surface area contributed by atoms with Gasteiger partial charge < -0.3 is 0 Å². The molecule has 0 saturated carbocycles. The van der Waals surface area contributed by atoms with Gasteiger partial charge in [-0.3, -0.25) is 0 Å². The molecule has 0 N–H and O–H groups in total. The van der Waals surface area contributed by atoms with Crippen molar-refractivity contribution in [3.63, 3.8) is 0 Å². The molecule has 0 bridgehead atoms. The van der Waals surface area contributed by atoms with Crippen LogP contribution in [0.5, 0.6) is 0 Å². The van der Waals surface area contributed by atoms with E-state index in [0.29, 0.717) is 5.16 Å². The van der Waals surface area contributed by atoms with Crippen molar-refractivity contribution in [3.8, 4) is 0 Å². The molecule has 0 aromatic carbocycles. The Balaban J connectivity index is 0. The summed E-state index contributed by atoms with van der Waals surface area (Å²) < 4.78 is 0. The average Bonchev–Trinajstić information content (AvgIpc) is 2.21. The standard InChI is InChI=1S/C13H29P.H/c1-4-7-10-13(14,11-8-5-2)12-9-6-3;/h4-12,14H2,1-3H3;. The van der Waals surface area contributed by atoms with Crippen molar-refractivity contribution >= 4 is 9.24 Å². The number of unbranched alkanes of at least 4 members (excludes halogenated alkanes) is 3. The van der Waals surface area contributed by atoms with Gasteiger partial charge in [0.05, 0.1) is 0 Å². The SMILES string of the molecule is CCCCC(P)(CCCC)CCCC.[H]. The highest BCUT2D eigenvalue weighted by Gasteiger charge is 2.22. The Bertz CT molecular complexity index is 104. The Morgan fingerprint density at radius 3 is 1.29 bits per heavy atom. The Morgan fingerprint density at radius 1 is 0.786 bits per heavy atom. The van der Waals surface area contributed by atoms with Crippen molar-refractivity contribution in [2.45, 2.75) is 83.7 Å². The van der Waals surface area contributed by atoms with Crippen LogP contribution in [-0.2, 0) is 0 Å². The highest BCUT2D eigenvalue weighted by atomic mass is 31.0. The van der Waals surface area contributed by atoms with E-state index in [1.165, 1.54) is 57.8 Å². The lowest BCUT2D eigenvalue weighted by Gasteiger charge is -2.29. The van der Waals surface area contributed by atoms with Crippen molar-refractivity contribution in [3.05, 3.63) is 0 Å². The van der Waals surface area contributed by atoms with Gasteiger partial charge in [-0.2, -0.15) is 0 Å². The van der Waals surface area contributed by atoms with Crippen molar-refractivity contribution in [2.24, 2.45) is 0 Å². The van der Waals surface area contributed by atoms with Gasteiger partial charge in [0.1, 0.15) is 0 Å². The zero-order valence-electron chi connectivity index (χ0n) is 11.4. The lowest BCUT2D eigenvalue weighted by atomic mass is 9.90. The molecule has 0 rings (SSSR count). The summed E-state index contributed by atoms with van der Waals surface area (Å²) in [5.74, 6) is 0. The highest BCUT2D eigenvalue weighted by molar-refractivity contribution is 7.19. The number of rotatable bonds is 9. The minimum absolute atomic E-state index is 0. The molecule has 14 heavy (non-hydrogen) atoms. The van der Waals surface area contributed by atoms with Crippen LogP contribution < -0.4 is 0 Å². The summed E-state index contributed by atoms with van der Waals surface area (Å²) in [4.78, 5) is 0. The Kier molecular flexibility index (Phi) is 8.98. The van der Waals surface area contributed by atoms with Crippen molar-refractivity contribution in [2.75, 3.05) is 0 Å². The molecule has 0 amide bonds. The van der Waals surface area contributed by atoms with E-state index < -0.39 is 0 Å². The molecule has 0 aromatic rings. The molecule has 1 radical (unpaired) electrons. The maximum atomic E-state index is 3.17. The van der Waals surface area contributed by atoms with Gasteiger partial charge in [0.2, 0.25) is 0 Å². The summed E-state index contributed by atoms with van der Waals surface area (Å²) in [6.07, 6.45) is 12.5. The van der Waals surface area contributed by atoms with Crippen LogP contribution in [0, 0.1) is 0 Å². The quantitative estimate of drug-likeness (QED) is 0.461. The van der Waals surface area contributed by atoms with Crippen LogP contribution >= 0.6 is 9.24 Å². The predicted octanol–water partition coefficient (Wildman–Crippen LogP) is 5.28. The Hall–Kier alpha value is 0.430. The number of hydrogen-bond acceptors (Lipinski definition) is 0. The molecule has 87 valence electrons. The van der Waals surface area contributed by atoms with Crippen LogP contribution in [-0.4, -0.2) is 5.16 Å². The second-order valence-electron chi connectivity index (χ2n) is 4.67. The highest BCUT2D eigenvalue weighted by Crippen LogP contribution is 2.36. The third-order valence-electron chi connectivity index (χ3n) is 3.08. The lowest BCUT2D eigenvalue weighted by Crippen LogP contribution is -2.20. The monoisotopic (exact) mass is 217 g/mol. The van der Waals surface area contributed by atoms with Crippen molar-refractivity contribution in [1.29, 1.82) is 0 Å². The van der Waals surface area contributed by atoms with Gasteiger partial charge in [0.25, 0.3) is 0 Å². The van der Waals surface area contributed by atoms with Gasteiger partial charge >= 0.3 is 0 Å². The van der Waals surface area contributed by atoms with Crippen molar-refractivity contribution in [1.82, 2.24) is 0 Å².